The van der Waals surface area contributed by atoms with Crippen molar-refractivity contribution in [1.29, 1.82) is 0 Å². The molecule has 1 atom stereocenters. The highest BCUT2D eigenvalue weighted by Gasteiger charge is 2.34. The van der Waals surface area contributed by atoms with Crippen molar-refractivity contribution in [2.45, 2.75) is 39.5 Å². The van der Waals surface area contributed by atoms with Crippen LogP contribution in [0.3, 0.4) is 0 Å². The third kappa shape index (κ3) is 5.74. The molecular weight excluding hydrogens is 449 g/mol. The van der Waals surface area contributed by atoms with Crippen LogP contribution in [0.5, 0.6) is 0 Å². The number of rotatable bonds is 7. The lowest BCUT2D eigenvalue weighted by Gasteiger charge is -2.30. The molecule has 0 spiro atoms. The monoisotopic (exact) mass is 476 g/mol. The quantitative estimate of drug-likeness (QED) is 0.487. The summed E-state index contributed by atoms with van der Waals surface area (Å²) in [6, 6.07) is 10.9. The van der Waals surface area contributed by atoms with E-state index in [1.165, 1.54) is 12.1 Å². The molecule has 0 aliphatic rings. The van der Waals surface area contributed by atoms with Crippen LogP contribution in [0.1, 0.15) is 42.4 Å². The number of hydrogen-bond donors (Lipinski definition) is 3. The van der Waals surface area contributed by atoms with Gasteiger partial charge in [0.05, 0.1) is 24.2 Å². The Balaban J connectivity index is 1.90. The Kier molecular flexibility index (Phi) is 7.30. The Bertz CT molecular complexity index is 1160. The third-order valence-electron chi connectivity index (χ3n) is 5.30. The maximum Gasteiger partial charge on any atom is 0.416 e. The van der Waals surface area contributed by atoms with Crippen LogP contribution in [-0.2, 0) is 17.5 Å². The fourth-order valence-electron chi connectivity index (χ4n) is 3.54. The molecule has 2 amide bonds. The van der Waals surface area contributed by atoms with Gasteiger partial charge in [-0.05, 0) is 29.2 Å². The van der Waals surface area contributed by atoms with Crippen LogP contribution >= 0.6 is 0 Å². The van der Waals surface area contributed by atoms with Crippen molar-refractivity contribution in [3.05, 3.63) is 65.4 Å². The van der Waals surface area contributed by atoms with Crippen molar-refractivity contribution >= 4 is 22.7 Å². The number of fused-ring (bicyclic) bond motifs is 1. The number of aliphatic hydroxyl groups is 1. The number of carbonyl (C=O) groups is 2. The second kappa shape index (κ2) is 9.84. The zero-order valence-corrected chi connectivity index (χ0v) is 19.1. The molecule has 3 rings (SSSR count). The summed E-state index contributed by atoms with van der Waals surface area (Å²) in [5.74, 6) is -0.982. The number of nitrogens with zero attached hydrogens (tertiary/aromatic N) is 2. The average Bonchev–Trinajstić information content (AvgIpc) is 3.13. The molecule has 3 N–H and O–H groups in total. The minimum Gasteiger partial charge on any atom is -0.395 e. The fourth-order valence-corrected chi connectivity index (χ4v) is 3.54. The number of aliphatic hydroxyl groups excluding tert-OH is 1. The molecule has 0 aliphatic carbocycles. The Hall–Kier alpha value is -3.40. The van der Waals surface area contributed by atoms with E-state index >= 15 is 0 Å². The number of para-hydroxylation sites is 1. The summed E-state index contributed by atoms with van der Waals surface area (Å²) < 4.78 is 40.1. The first kappa shape index (κ1) is 25.2. The predicted molar refractivity (Wildman–Crippen MR) is 121 cm³/mol. The van der Waals surface area contributed by atoms with E-state index in [4.69, 9.17) is 5.11 Å². The number of amides is 2. The predicted octanol–water partition coefficient (Wildman–Crippen LogP) is 3.36. The number of halogens is 3. The van der Waals surface area contributed by atoms with Gasteiger partial charge in [-0.2, -0.15) is 18.3 Å². The standard InChI is InChI=1S/C24H27F3N4O3/c1-23(2,3)20(22(34)28-12-13-32)29-21(33)19-17-6-4-5-7-18(17)31(30-19)14-15-8-10-16(11-9-15)24(25,26)27/h4-11,20,32H,12-14H2,1-3H3,(H,28,34)(H,29,33)/t20-/m1/s1. The minimum atomic E-state index is -4.42. The highest BCUT2D eigenvalue weighted by molar-refractivity contribution is 6.06. The molecule has 0 aliphatic heterocycles. The Morgan fingerprint density at radius 3 is 2.29 bits per heavy atom. The smallest absolute Gasteiger partial charge is 0.395 e. The van der Waals surface area contributed by atoms with E-state index in [-0.39, 0.29) is 25.4 Å². The van der Waals surface area contributed by atoms with Crippen molar-refractivity contribution in [2.24, 2.45) is 5.41 Å². The van der Waals surface area contributed by atoms with E-state index in [1.54, 1.807) is 49.7 Å². The van der Waals surface area contributed by atoms with Gasteiger partial charge in [-0.15, -0.1) is 0 Å². The molecular formula is C24H27F3N4O3. The van der Waals surface area contributed by atoms with Crippen molar-refractivity contribution < 1.29 is 27.9 Å². The molecule has 0 fully saturated rings. The van der Waals surface area contributed by atoms with Gasteiger partial charge in [0.1, 0.15) is 6.04 Å². The lowest BCUT2D eigenvalue weighted by atomic mass is 9.86. The number of benzene rings is 2. The summed E-state index contributed by atoms with van der Waals surface area (Å²) in [5.41, 5.74) is -0.0387. The summed E-state index contributed by atoms with van der Waals surface area (Å²) in [5, 5.41) is 19.3. The molecule has 0 saturated heterocycles. The maximum atomic E-state index is 13.2. The summed E-state index contributed by atoms with van der Waals surface area (Å²) in [6.07, 6.45) is -4.42. The average molecular weight is 476 g/mol. The van der Waals surface area contributed by atoms with E-state index in [0.717, 1.165) is 12.1 Å². The molecule has 34 heavy (non-hydrogen) atoms. The molecule has 3 aromatic rings. The van der Waals surface area contributed by atoms with Gasteiger partial charge in [0.15, 0.2) is 5.69 Å². The van der Waals surface area contributed by atoms with Crippen LogP contribution in [0.25, 0.3) is 10.9 Å². The zero-order chi connectivity index (χ0) is 25.1. The van der Waals surface area contributed by atoms with Crippen LogP contribution in [0.4, 0.5) is 13.2 Å². The van der Waals surface area contributed by atoms with Gasteiger partial charge >= 0.3 is 6.18 Å². The van der Waals surface area contributed by atoms with E-state index in [9.17, 15) is 22.8 Å². The van der Waals surface area contributed by atoms with Gasteiger partial charge in [0.25, 0.3) is 5.91 Å². The zero-order valence-electron chi connectivity index (χ0n) is 19.1. The lowest BCUT2D eigenvalue weighted by molar-refractivity contribution is -0.137. The Morgan fingerprint density at radius 1 is 1.06 bits per heavy atom. The lowest BCUT2D eigenvalue weighted by Crippen LogP contribution is -2.54. The van der Waals surface area contributed by atoms with Gasteiger partial charge in [-0.25, -0.2) is 0 Å². The number of nitrogens with one attached hydrogen (secondary N) is 2. The molecule has 0 saturated carbocycles. The summed E-state index contributed by atoms with van der Waals surface area (Å²) in [7, 11) is 0. The summed E-state index contributed by atoms with van der Waals surface area (Å²) >= 11 is 0. The molecule has 1 heterocycles. The normalized spacial score (nSPS) is 13.0. The van der Waals surface area contributed by atoms with Gasteiger partial charge in [0, 0.05) is 11.9 Å². The molecule has 2 aromatic carbocycles. The van der Waals surface area contributed by atoms with Gasteiger partial charge < -0.3 is 15.7 Å². The fraction of sp³-hybridized carbons (Fsp3) is 0.375. The van der Waals surface area contributed by atoms with Crippen LogP contribution in [0.15, 0.2) is 48.5 Å². The number of aromatic nitrogens is 2. The van der Waals surface area contributed by atoms with Crippen LogP contribution in [-0.4, -0.2) is 45.9 Å². The first-order valence-electron chi connectivity index (χ1n) is 10.7. The molecule has 0 radical (unpaired) electrons. The Labute approximate surface area is 195 Å². The SMILES string of the molecule is CC(C)(C)[C@H](NC(=O)c1nn(Cc2ccc(C(F)(F)F)cc2)c2ccccc12)C(=O)NCCO. The second-order valence-corrected chi connectivity index (χ2v) is 9.01. The second-order valence-electron chi connectivity index (χ2n) is 9.01. The molecule has 0 bridgehead atoms. The topological polar surface area (TPSA) is 96.2 Å². The maximum absolute atomic E-state index is 13.2. The third-order valence-corrected chi connectivity index (χ3v) is 5.30. The van der Waals surface area contributed by atoms with E-state index in [1.807, 2.05) is 0 Å². The first-order valence-corrected chi connectivity index (χ1v) is 10.7. The van der Waals surface area contributed by atoms with Gasteiger partial charge in [-0.3, -0.25) is 14.3 Å². The van der Waals surface area contributed by atoms with Gasteiger partial charge in [0.2, 0.25) is 5.91 Å². The number of carbonyl (C=O) groups excluding carboxylic acids is 2. The van der Waals surface area contributed by atoms with Crippen molar-refractivity contribution in [1.82, 2.24) is 20.4 Å². The van der Waals surface area contributed by atoms with Crippen LogP contribution in [0.2, 0.25) is 0 Å². The van der Waals surface area contributed by atoms with E-state index in [0.29, 0.717) is 16.5 Å². The molecule has 10 heteroatoms. The molecule has 1 aromatic heterocycles. The van der Waals surface area contributed by atoms with E-state index in [2.05, 4.69) is 15.7 Å². The summed E-state index contributed by atoms with van der Waals surface area (Å²) in [6.45, 7) is 5.40. The molecule has 7 nitrogen and oxygen atoms in total. The highest BCUT2D eigenvalue weighted by atomic mass is 19.4. The molecule has 182 valence electrons. The molecule has 0 unspecified atom stereocenters. The van der Waals surface area contributed by atoms with Gasteiger partial charge in [-0.1, -0.05) is 51.1 Å². The van der Waals surface area contributed by atoms with Crippen molar-refractivity contribution in [3.63, 3.8) is 0 Å². The minimum absolute atomic E-state index is 0.0615. The summed E-state index contributed by atoms with van der Waals surface area (Å²) in [4.78, 5) is 25.8. The van der Waals surface area contributed by atoms with Crippen molar-refractivity contribution in [2.75, 3.05) is 13.2 Å². The highest BCUT2D eigenvalue weighted by Crippen LogP contribution is 2.29. The number of alkyl halides is 3. The van der Waals surface area contributed by atoms with Crippen molar-refractivity contribution in [3.8, 4) is 0 Å². The number of hydrogen-bond acceptors (Lipinski definition) is 4. The Morgan fingerprint density at radius 2 is 1.71 bits per heavy atom. The largest absolute Gasteiger partial charge is 0.416 e. The first-order chi connectivity index (χ1) is 15.9. The van der Waals surface area contributed by atoms with Crippen LogP contribution in [0, 0.1) is 5.41 Å². The van der Waals surface area contributed by atoms with Crippen LogP contribution < -0.4 is 10.6 Å². The van der Waals surface area contributed by atoms with E-state index < -0.39 is 35.0 Å².